The minimum atomic E-state index is -0.406. The van der Waals surface area contributed by atoms with Crippen molar-refractivity contribution in [1.29, 1.82) is 0 Å². The van der Waals surface area contributed by atoms with Crippen molar-refractivity contribution in [3.05, 3.63) is 51.9 Å². The zero-order valence-electron chi connectivity index (χ0n) is 15.8. The summed E-state index contributed by atoms with van der Waals surface area (Å²) in [6, 6.07) is 9.33. The van der Waals surface area contributed by atoms with Crippen LogP contribution in [0.2, 0.25) is 0 Å². The van der Waals surface area contributed by atoms with Gasteiger partial charge in [-0.15, -0.1) is 0 Å². The second-order valence-corrected chi connectivity index (χ2v) is 8.13. The smallest absolute Gasteiger partial charge is 0.277 e. The lowest BCUT2D eigenvalue weighted by Gasteiger charge is -2.51. The number of hydrogen-bond acceptors (Lipinski definition) is 5. The largest absolute Gasteiger partial charge is 0.456 e. The van der Waals surface area contributed by atoms with Crippen LogP contribution in [0.5, 0.6) is 0 Å². The van der Waals surface area contributed by atoms with E-state index in [1.165, 1.54) is 6.08 Å². The van der Waals surface area contributed by atoms with Crippen molar-refractivity contribution < 1.29 is 14.2 Å². The standard InChI is InChI=1S/C20H26N2O4/c1-19(2)10-7-11-20(3,4)22(19)25-14-16(21(23)24)13-17-12-15-8-5-6-9-18(15)26-17/h5-6,8-9,12-13H,7,10-11,14H2,1-4H3/b16-13+. The lowest BCUT2D eigenvalue weighted by atomic mass is 9.82. The molecule has 3 rings (SSSR count). The molecule has 2 heterocycles. The van der Waals surface area contributed by atoms with Gasteiger partial charge in [0.25, 0.3) is 5.70 Å². The van der Waals surface area contributed by atoms with Crippen LogP contribution >= 0.6 is 0 Å². The van der Waals surface area contributed by atoms with Crippen molar-refractivity contribution in [1.82, 2.24) is 5.06 Å². The van der Waals surface area contributed by atoms with E-state index in [0.29, 0.717) is 11.3 Å². The highest BCUT2D eigenvalue weighted by Gasteiger charge is 2.43. The van der Waals surface area contributed by atoms with Crippen LogP contribution in [-0.2, 0) is 4.84 Å². The van der Waals surface area contributed by atoms with Crippen LogP contribution < -0.4 is 0 Å². The minimum Gasteiger partial charge on any atom is -0.456 e. The van der Waals surface area contributed by atoms with Gasteiger partial charge in [-0.05, 0) is 59.1 Å². The Balaban J connectivity index is 1.81. The van der Waals surface area contributed by atoms with E-state index in [2.05, 4.69) is 27.7 Å². The highest BCUT2D eigenvalue weighted by atomic mass is 16.7. The number of nitro groups is 1. The van der Waals surface area contributed by atoms with Gasteiger partial charge in [0.05, 0.1) is 11.0 Å². The van der Waals surface area contributed by atoms with Crippen molar-refractivity contribution in [2.45, 2.75) is 58.0 Å². The monoisotopic (exact) mass is 358 g/mol. The molecule has 1 aliphatic heterocycles. The average Bonchev–Trinajstić information content (AvgIpc) is 2.94. The molecule has 1 aliphatic rings. The maximum Gasteiger partial charge on any atom is 0.277 e. The number of rotatable bonds is 5. The molecule has 0 N–H and O–H groups in total. The van der Waals surface area contributed by atoms with Gasteiger partial charge in [-0.1, -0.05) is 18.2 Å². The van der Waals surface area contributed by atoms with Crippen LogP contribution in [0.1, 0.15) is 52.7 Å². The Hall–Kier alpha value is -2.18. The summed E-state index contributed by atoms with van der Waals surface area (Å²) in [7, 11) is 0. The van der Waals surface area contributed by atoms with Crippen LogP contribution in [0.25, 0.3) is 17.0 Å². The molecule has 0 aliphatic carbocycles. The first-order chi connectivity index (χ1) is 12.2. The number of piperidine rings is 1. The predicted molar refractivity (Wildman–Crippen MR) is 101 cm³/mol. The molecule has 0 unspecified atom stereocenters. The van der Waals surface area contributed by atoms with E-state index in [-0.39, 0.29) is 23.4 Å². The van der Waals surface area contributed by atoms with E-state index in [1.807, 2.05) is 29.3 Å². The number of benzene rings is 1. The van der Waals surface area contributed by atoms with Gasteiger partial charge < -0.3 is 4.42 Å². The molecule has 26 heavy (non-hydrogen) atoms. The normalized spacial score (nSPS) is 20.4. The van der Waals surface area contributed by atoms with Crippen LogP contribution in [-0.4, -0.2) is 27.7 Å². The van der Waals surface area contributed by atoms with Crippen molar-refractivity contribution in [3.63, 3.8) is 0 Å². The quantitative estimate of drug-likeness (QED) is 0.554. The van der Waals surface area contributed by atoms with Crippen molar-refractivity contribution in [2.24, 2.45) is 0 Å². The van der Waals surface area contributed by atoms with Crippen LogP contribution in [0.3, 0.4) is 0 Å². The molecule has 0 bridgehead atoms. The molecule has 0 atom stereocenters. The van der Waals surface area contributed by atoms with E-state index in [4.69, 9.17) is 9.25 Å². The molecule has 0 radical (unpaired) electrons. The Bertz CT molecular complexity index is 786. The highest BCUT2D eigenvalue weighted by molar-refractivity contribution is 5.79. The van der Waals surface area contributed by atoms with Gasteiger partial charge in [-0.25, -0.2) is 0 Å². The van der Waals surface area contributed by atoms with E-state index in [0.717, 1.165) is 24.6 Å². The number of para-hydroxylation sites is 1. The summed E-state index contributed by atoms with van der Waals surface area (Å²) in [6.45, 7) is 8.35. The van der Waals surface area contributed by atoms with Gasteiger partial charge in [0.1, 0.15) is 11.3 Å². The molecule has 6 nitrogen and oxygen atoms in total. The van der Waals surface area contributed by atoms with E-state index < -0.39 is 4.92 Å². The third kappa shape index (κ3) is 3.81. The predicted octanol–water partition coefficient (Wildman–Crippen LogP) is 5.03. The molecule has 6 heteroatoms. The summed E-state index contributed by atoms with van der Waals surface area (Å²) in [6.07, 6.45) is 4.57. The second-order valence-electron chi connectivity index (χ2n) is 8.13. The first-order valence-electron chi connectivity index (χ1n) is 8.96. The molecular weight excluding hydrogens is 332 g/mol. The fraction of sp³-hybridized carbons (Fsp3) is 0.500. The fourth-order valence-electron chi connectivity index (χ4n) is 3.84. The van der Waals surface area contributed by atoms with Crippen molar-refractivity contribution >= 4 is 17.0 Å². The van der Waals surface area contributed by atoms with Gasteiger partial charge in [-0.3, -0.25) is 15.0 Å². The molecular formula is C20H26N2O4. The third-order valence-electron chi connectivity index (χ3n) is 5.01. The molecule has 140 valence electrons. The number of nitrogens with zero attached hydrogens (tertiary/aromatic N) is 2. The van der Waals surface area contributed by atoms with Gasteiger partial charge in [0, 0.05) is 16.5 Å². The Morgan fingerprint density at radius 1 is 1.27 bits per heavy atom. The lowest BCUT2D eigenvalue weighted by molar-refractivity contribution is -0.436. The third-order valence-corrected chi connectivity index (χ3v) is 5.01. The molecule has 1 saturated heterocycles. The van der Waals surface area contributed by atoms with Crippen LogP contribution in [0.15, 0.2) is 40.4 Å². The van der Waals surface area contributed by atoms with Gasteiger partial charge in [0.2, 0.25) is 0 Å². The highest BCUT2D eigenvalue weighted by Crippen LogP contribution is 2.38. The maximum atomic E-state index is 11.5. The van der Waals surface area contributed by atoms with E-state index in [9.17, 15) is 10.1 Å². The first kappa shape index (κ1) is 18.6. The average molecular weight is 358 g/mol. The molecule has 0 amide bonds. The summed E-state index contributed by atoms with van der Waals surface area (Å²) >= 11 is 0. The summed E-state index contributed by atoms with van der Waals surface area (Å²) in [5.74, 6) is 0.457. The molecule has 1 aromatic carbocycles. The molecule has 0 saturated carbocycles. The lowest BCUT2D eigenvalue weighted by Crippen LogP contribution is -2.58. The zero-order chi connectivity index (χ0) is 18.9. The Kier molecular flexibility index (Phi) is 4.90. The SMILES string of the molecule is CC1(C)CCCC(C)(C)N1OC/C(=C\c1cc2ccccc2o1)[N+](=O)[O-]. The summed E-state index contributed by atoms with van der Waals surface area (Å²) in [4.78, 5) is 17.1. The van der Waals surface area contributed by atoms with E-state index in [1.54, 1.807) is 6.07 Å². The van der Waals surface area contributed by atoms with Crippen LogP contribution in [0, 0.1) is 10.1 Å². The second kappa shape index (κ2) is 6.85. The molecule has 1 fully saturated rings. The summed E-state index contributed by atoms with van der Waals surface area (Å²) in [5, 5.41) is 14.4. The fourth-order valence-corrected chi connectivity index (χ4v) is 3.84. The number of hydroxylamine groups is 2. The van der Waals surface area contributed by atoms with Crippen molar-refractivity contribution in [3.8, 4) is 0 Å². The minimum absolute atomic E-state index is 0.0266. The van der Waals surface area contributed by atoms with Gasteiger partial charge >= 0.3 is 0 Å². The zero-order valence-corrected chi connectivity index (χ0v) is 15.8. The Morgan fingerprint density at radius 2 is 1.92 bits per heavy atom. The number of hydrogen-bond donors (Lipinski definition) is 0. The van der Waals surface area contributed by atoms with Gasteiger partial charge in [0.15, 0.2) is 6.61 Å². The van der Waals surface area contributed by atoms with Crippen LogP contribution in [0.4, 0.5) is 0 Å². The van der Waals surface area contributed by atoms with Crippen molar-refractivity contribution in [2.75, 3.05) is 6.61 Å². The Labute approximate surface area is 153 Å². The molecule has 2 aromatic rings. The summed E-state index contributed by atoms with van der Waals surface area (Å²) < 4.78 is 5.67. The van der Waals surface area contributed by atoms with E-state index >= 15 is 0 Å². The number of furan rings is 1. The molecule has 1 aromatic heterocycles. The van der Waals surface area contributed by atoms with Gasteiger partial charge in [-0.2, -0.15) is 5.06 Å². The molecule has 0 spiro atoms. The number of fused-ring (bicyclic) bond motifs is 1. The Morgan fingerprint density at radius 3 is 2.54 bits per heavy atom. The topological polar surface area (TPSA) is 68.8 Å². The maximum absolute atomic E-state index is 11.5. The summed E-state index contributed by atoms with van der Waals surface area (Å²) in [5.41, 5.74) is 0.355. The first-order valence-corrected chi connectivity index (χ1v) is 8.96.